The zero-order valence-corrected chi connectivity index (χ0v) is 14.7. The van der Waals surface area contributed by atoms with Gasteiger partial charge in [-0.3, -0.25) is 0 Å². The van der Waals surface area contributed by atoms with Gasteiger partial charge < -0.3 is 15.2 Å². The Labute approximate surface area is 152 Å². The molecule has 0 aliphatic rings. The SMILES string of the molecule is CCOc1ccc(-c2cc(-c3ccc(OC)cc3)nc(N)c2C#N)cc1. The predicted octanol–water partition coefficient (Wildman–Crippen LogP) is 4.28. The molecule has 0 radical (unpaired) electrons. The number of hydrogen-bond donors (Lipinski definition) is 1. The van der Waals surface area contributed by atoms with E-state index in [-0.39, 0.29) is 5.82 Å². The first-order valence-corrected chi connectivity index (χ1v) is 8.24. The zero-order valence-electron chi connectivity index (χ0n) is 14.7. The lowest BCUT2D eigenvalue weighted by Crippen LogP contribution is -2.00. The summed E-state index contributed by atoms with van der Waals surface area (Å²) in [6.07, 6.45) is 0. The van der Waals surface area contributed by atoms with Gasteiger partial charge in [0.2, 0.25) is 0 Å². The topological polar surface area (TPSA) is 81.2 Å². The summed E-state index contributed by atoms with van der Waals surface area (Å²) >= 11 is 0. The molecule has 26 heavy (non-hydrogen) atoms. The highest BCUT2D eigenvalue weighted by Crippen LogP contribution is 2.32. The Bertz CT molecular complexity index is 943. The number of ether oxygens (including phenoxy) is 2. The van der Waals surface area contributed by atoms with Crippen molar-refractivity contribution < 1.29 is 9.47 Å². The lowest BCUT2D eigenvalue weighted by molar-refractivity contribution is 0.340. The van der Waals surface area contributed by atoms with Gasteiger partial charge in [-0.15, -0.1) is 0 Å². The summed E-state index contributed by atoms with van der Waals surface area (Å²) in [5.41, 5.74) is 9.65. The monoisotopic (exact) mass is 345 g/mol. The van der Waals surface area contributed by atoms with Gasteiger partial charge in [0.1, 0.15) is 28.9 Å². The Balaban J connectivity index is 2.08. The molecule has 0 saturated heterocycles. The molecule has 5 nitrogen and oxygen atoms in total. The second-order valence-corrected chi connectivity index (χ2v) is 5.61. The van der Waals surface area contributed by atoms with E-state index >= 15 is 0 Å². The molecule has 130 valence electrons. The third kappa shape index (κ3) is 3.45. The number of nitrogens with zero attached hydrogens (tertiary/aromatic N) is 2. The van der Waals surface area contributed by atoms with Crippen molar-refractivity contribution in [1.82, 2.24) is 4.98 Å². The standard InChI is InChI=1S/C21H19N3O2/c1-3-26-17-10-4-14(5-11-17)18-12-20(24-21(23)19(18)13-22)15-6-8-16(25-2)9-7-15/h4-12H,3H2,1-2H3,(H2,23,24). The first kappa shape index (κ1) is 17.3. The summed E-state index contributed by atoms with van der Waals surface area (Å²) in [5, 5.41) is 9.52. The van der Waals surface area contributed by atoms with Gasteiger partial charge in [0.05, 0.1) is 19.4 Å². The van der Waals surface area contributed by atoms with Crippen LogP contribution < -0.4 is 15.2 Å². The first-order valence-electron chi connectivity index (χ1n) is 8.24. The number of nitrogens with two attached hydrogens (primary N) is 1. The highest BCUT2D eigenvalue weighted by Gasteiger charge is 2.13. The number of aromatic nitrogens is 1. The Morgan fingerprint density at radius 3 is 2.19 bits per heavy atom. The fraction of sp³-hybridized carbons (Fsp3) is 0.143. The van der Waals surface area contributed by atoms with Gasteiger partial charge in [0, 0.05) is 11.1 Å². The summed E-state index contributed by atoms with van der Waals surface area (Å²) in [5.74, 6) is 1.76. The number of anilines is 1. The van der Waals surface area contributed by atoms with Crippen LogP contribution in [0.3, 0.4) is 0 Å². The molecule has 0 aliphatic carbocycles. The Hall–Kier alpha value is -3.52. The van der Waals surface area contributed by atoms with Crippen molar-refractivity contribution in [2.75, 3.05) is 19.5 Å². The van der Waals surface area contributed by atoms with Crippen molar-refractivity contribution in [3.8, 4) is 40.0 Å². The highest BCUT2D eigenvalue weighted by atomic mass is 16.5. The van der Waals surface area contributed by atoms with Crippen LogP contribution in [0.4, 0.5) is 5.82 Å². The quantitative estimate of drug-likeness (QED) is 0.746. The van der Waals surface area contributed by atoms with Crippen LogP contribution in [0.2, 0.25) is 0 Å². The van der Waals surface area contributed by atoms with E-state index in [0.29, 0.717) is 17.9 Å². The third-order valence-corrected chi connectivity index (χ3v) is 4.02. The molecule has 0 atom stereocenters. The van der Waals surface area contributed by atoms with Gasteiger partial charge in [0.25, 0.3) is 0 Å². The number of hydrogen-bond acceptors (Lipinski definition) is 5. The summed E-state index contributed by atoms with van der Waals surface area (Å²) in [7, 11) is 1.62. The minimum Gasteiger partial charge on any atom is -0.497 e. The van der Waals surface area contributed by atoms with Gasteiger partial charge in [-0.05, 0) is 55.0 Å². The largest absolute Gasteiger partial charge is 0.497 e. The van der Waals surface area contributed by atoms with Gasteiger partial charge in [-0.25, -0.2) is 4.98 Å². The van der Waals surface area contributed by atoms with E-state index < -0.39 is 0 Å². The van der Waals surface area contributed by atoms with E-state index in [1.54, 1.807) is 7.11 Å². The molecule has 0 bridgehead atoms. The molecule has 3 rings (SSSR count). The lowest BCUT2D eigenvalue weighted by atomic mass is 9.98. The number of methoxy groups -OCH3 is 1. The number of rotatable bonds is 5. The van der Waals surface area contributed by atoms with Crippen molar-refractivity contribution in [1.29, 1.82) is 5.26 Å². The van der Waals surface area contributed by atoms with Crippen molar-refractivity contribution >= 4 is 5.82 Å². The maximum absolute atomic E-state index is 9.52. The molecular formula is C21H19N3O2. The molecule has 0 unspecified atom stereocenters. The molecule has 0 spiro atoms. The van der Waals surface area contributed by atoms with Gasteiger partial charge in [-0.2, -0.15) is 5.26 Å². The molecule has 5 heteroatoms. The molecule has 0 saturated carbocycles. The molecule has 3 aromatic rings. The molecule has 0 aliphatic heterocycles. The second-order valence-electron chi connectivity index (χ2n) is 5.61. The molecular weight excluding hydrogens is 326 g/mol. The fourth-order valence-corrected chi connectivity index (χ4v) is 2.72. The minimum atomic E-state index is 0.213. The van der Waals surface area contributed by atoms with E-state index in [4.69, 9.17) is 15.2 Å². The van der Waals surface area contributed by atoms with Crippen LogP contribution in [0.1, 0.15) is 12.5 Å². The Morgan fingerprint density at radius 1 is 1.00 bits per heavy atom. The number of pyridine rings is 1. The van der Waals surface area contributed by atoms with E-state index in [9.17, 15) is 5.26 Å². The molecule has 2 aromatic carbocycles. The maximum atomic E-state index is 9.52. The van der Waals surface area contributed by atoms with Crippen LogP contribution in [0.25, 0.3) is 22.4 Å². The van der Waals surface area contributed by atoms with Crippen LogP contribution in [-0.4, -0.2) is 18.7 Å². The Kier molecular flexibility index (Phi) is 5.04. The predicted molar refractivity (Wildman–Crippen MR) is 102 cm³/mol. The van der Waals surface area contributed by atoms with E-state index in [2.05, 4.69) is 11.1 Å². The fourth-order valence-electron chi connectivity index (χ4n) is 2.72. The Morgan fingerprint density at radius 2 is 1.62 bits per heavy atom. The molecule has 0 amide bonds. The summed E-state index contributed by atoms with van der Waals surface area (Å²) in [4.78, 5) is 4.39. The van der Waals surface area contributed by atoms with Crippen LogP contribution in [0.15, 0.2) is 54.6 Å². The number of nitrogen functional groups attached to an aromatic ring is 1. The molecule has 1 aromatic heterocycles. The van der Waals surface area contributed by atoms with Crippen molar-refractivity contribution in [2.24, 2.45) is 0 Å². The van der Waals surface area contributed by atoms with Crippen LogP contribution in [0.5, 0.6) is 11.5 Å². The molecule has 0 fully saturated rings. The number of nitriles is 1. The lowest BCUT2D eigenvalue weighted by Gasteiger charge is -2.11. The van der Waals surface area contributed by atoms with Gasteiger partial charge in [0.15, 0.2) is 0 Å². The van der Waals surface area contributed by atoms with Crippen molar-refractivity contribution in [3.63, 3.8) is 0 Å². The second kappa shape index (κ2) is 7.58. The average Bonchev–Trinajstić information content (AvgIpc) is 2.68. The summed E-state index contributed by atoms with van der Waals surface area (Å²) in [6.45, 7) is 2.54. The molecule has 2 N–H and O–H groups in total. The zero-order chi connectivity index (χ0) is 18.5. The van der Waals surface area contributed by atoms with Gasteiger partial charge in [-0.1, -0.05) is 12.1 Å². The average molecular weight is 345 g/mol. The third-order valence-electron chi connectivity index (χ3n) is 4.02. The summed E-state index contributed by atoms with van der Waals surface area (Å²) in [6, 6.07) is 19.2. The minimum absolute atomic E-state index is 0.213. The maximum Gasteiger partial charge on any atom is 0.142 e. The summed E-state index contributed by atoms with van der Waals surface area (Å²) < 4.78 is 10.7. The molecule has 1 heterocycles. The van der Waals surface area contributed by atoms with Crippen LogP contribution in [0, 0.1) is 11.3 Å². The van der Waals surface area contributed by atoms with E-state index in [1.807, 2.05) is 61.5 Å². The van der Waals surface area contributed by atoms with Crippen molar-refractivity contribution in [2.45, 2.75) is 6.92 Å². The highest BCUT2D eigenvalue weighted by molar-refractivity contribution is 5.80. The van der Waals surface area contributed by atoms with Gasteiger partial charge >= 0.3 is 0 Å². The van der Waals surface area contributed by atoms with Crippen LogP contribution in [-0.2, 0) is 0 Å². The van der Waals surface area contributed by atoms with Crippen molar-refractivity contribution in [3.05, 3.63) is 60.2 Å². The first-order chi connectivity index (χ1) is 12.7. The number of benzene rings is 2. The normalized spacial score (nSPS) is 10.2. The van der Waals surface area contributed by atoms with Crippen LogP contribution >= 0.6 is 0 Å². The van der Waals surface area contributed by atoms with E-state index in [0.717, 1.165) is 28.2 Å². The van der Waals surface area contributed by atoms with E-state index in [1.165, 1.54) is 0 Å². The smallest absolute Gasteiger partial charge is 0.142 e.